The zero-order valence-electron chi connectivity index (χ0n) is 12.8. The fraction of sp³-hybridized carbons (Fsp3) is 0.692. The van der Waals surface area contributed by atoms with Crippen molar-refractivity contribution in [3.8, 4) is 0 Å². The minimum Gasteiger partial charge on any atom is -0.383 e. The van der Waals surface area contributed by atoms with Gasteiger partial charge in [-0.2, -0.15) is 10.2 Å². The summed E-state index contributed by atoms with van der Waals surface area (Å²) in [6.07, 6.45) is 0.544. The molecule has 3 N–H and O–H groups in total. The smallest absolute Gasteiger partial charge is 0.182 e. The number of nitrogens with zero attached hydrogens (tertiary/aromatic N) is 3. The van der Waals surface area contributed by atoms with Gasteiger partial charge in [0.05, 0.1) is 28.1 Å². The van der Waals surface area contributed by atoms with Crippen LogP contribution < -0.4 is 5.73 Å². The van der Waals surface area contributed by atoms with E-state index in [9.17, 15) is 8.42 Å². The zero-order valence-corrected chi connectivity index (χ0v) is 13.6. The minimum atomic E-state index is -3.02. The molecule has 8 heteroatoms. The molecule has 2 aromatic rings. The van der Waals surface area contributed by atoms with E-state index in [1.165, 1.54) is 0 Å². The van der Waals surface area contributed by atoms with E-state index < -0.39 is 15.4 Å². The quantitative estimate of drug-likeness (QED) is 0.822. The molecule has 2 aromatic heterocycles. The molecule has 0 aliphatic carbocycles. The molecule has 1 atom stereocenters. The number of sulfone groups is 1. The van der Waals surface area contributed by atoms with Gasteiger partial charge in [0.15, 0.2) is 15.5 Å². The van der Waals surface area contributed by atoms with Gasteiger partial charge in [-0.1, -0.05) is 20.8 Å². The lowest BCUT2D eigenvalue weighted by Crippen LogP contribution is -2.33. The summed E-state index contributed by atoms with van der Waals surface area (Å²) in [5.74, 6) is 0.758. The van der Waals surface area contributed by atoms with Crippen LogP contribution in [0.25, 0.3) is 11.0 Å². The molecule has 21 heavy (non-hydrogen) atoms. The van der Waals surface area contributed by atoms with Crippen LogP contribution in [0.15, 0.2) is 0 Å². The fourth-order valence-electron chi connectivity index (χ4n) is 2.99. The van der Waals surface area contributed by atoms with Gasteiger partial charge >= 0.3 is 0 Å². The van der Waals surface area contributed by atoms with Crippen molar-refractivity contribution < 1.29 is 8.42 Å². The minimum absolute atomic E-state index is 0.0904. The molecule has 1 fully saturated rings. The first-order valence-electron chi connectivity index (χ1n) is 6.97. The van der Waals surface area contributed by atoms with Gasteiger partial charge in [-0.15, -0.1) is 0 Å². The van der Waals surface area contributed by atoms with Crippen LogP contribution in [-0.2, 0) is 20.8 Å². The summed E-state index contributed by atoms with van der Waals surface area (Å²) in [4.78, 5) is 0. The molecule has 0 aromatic carbocycles. The molecule has 0 amide bonds. The van der Waals surface area contributed by atoms with Crippen molar-refractivity contribution in [1.82, 2.24) is 20.0 Å². The van der Waals surface area contributed by atoms with Gasteiger partial charge in [0.1, 0.15) is 5.82 Å². The van der Waals surface area contributed by atoms with E-state index in [2.05, 4.69) is 31.0 Å². The number of rotatable bonds is 1. The second-order valence-electron chi connectivity index (χ2n) is 7.19. The molecule has 1 aliphatic rings. The first-order chi connectivity index (χ1) is 9.54. The van der Waals surface area contributed by atoms with Crippen LogP contribution in [0.1, 0.15) is 39.8 Å². The molecule has 1 saturated heterocycles. The normalized spacial score (nSPS) is 25.7. The first kappa shape index (κ1) is 14.4. The Bertz CT molecular complexity index is 812. The Morgan fingerprint density at radius 1 is 1.38 bits per heavy atom. The fourth-order valence-corrected chi connectivity index (χ4v) is 5.10. The Morgan fingerprint density at radius 2 is 2.05 bits per heavy atom. The molecule has 0 bridgehead atoms. The van der Waals surface area contributed by atoms with Crippen molar-refractivity contribution in [1.29, 1.82) is 0 Å². The summed E-state index contributed by atoms with van der Waals surface area (Å²) in [6.45, 7) is 8.08. The molecule has 0 saturated carbocycles. The predicted molar refractivity (Wildman–Crippen MR) is 81.9 cm³/mol. The van der Waals surface area contributed by atoms with Crippen molar-refractivity contribution >= 4 is 26.7 Å². The third-order valence-electron chi connectivity index (χ3n) is 4.12. The van der Waals surface area contributed by atoms with Crippen LogP contribution >= 0.6 is 0 Å². The van der Waals surface area contributed by atoms with Crippen LogP contribution in [0, 0.1) is 0 Å². The summed E-state index contributed by atoms with van der Waals surface area (Å²) >= 11 is 0. The van der Waals surface area contributed by atoms with Gasteiger partial charge in [0.2, 0.25) is 0 Å². The molecule has 1 aliphatic heterocycles. The molecule has 3 heterocycles. The van der Waals surface area contributed by atoms with Crippen LogP contribution in [0.5, 0.6) is 0 Å². The second-order valence-corrected chi connectivity index (χ2v) is 9.37. The summed E-state index contributed by atoms with van der Waals surface area (Å²) in [6, 6.07) is 0. The van der Waals surface area contributed by atoms with Crippen molar-refractivity contribution in [3.05, 3.63) is 5.69 Å². The number of nitrogen functional groups attached to an aromatic ring is 1. The Kier molecular flexibility index (Phi) is 2.73. The highest BCUT2D eigenvalue weighted by Crippen LogP contribution is 2.37. The number of aromatic nitrogens is 4. The van der Waals surface area contributed by atoms with Crippen LogP contribution in [0.3, 0.4) is 0 Å². The van der Waals surface area contributed by atoms with Crippen molar-refractivity contribution in [2.45, 2.75) is 45.1 Å². The van der Waals surface area contributed by atoms with E-state index in [4.69, 9.17) is 10.8 Å². The SMILES string of the molecule is CC(C)(C)c1nn(C2(C)CCS(=O)(=O)C2)c2n[nH]c(N)c12. The summed E-state index contributed by atoms with van der Waals surface area (Å²) in [7, 11) is -3.02. The van der Waals surface area contributed by atoms with Gasteiger partial charge in [-0.3, -0.25) is 5.10 Å². The van der Waals surface area contributed by atoms with E-state index in [-0.39, 0.29) is 16.9 Å². The highest BCUT2D eigenvalue weighted by molar-refractivity contribution is 7.91. The van der Waals surface area contributed by atoms with Gasteiger partial charge in [-0.05, 0) is 13.3 Å². The monoisotopic (exact) mass is 311 g/mol. The summed E-state index contributed by atoms with van der Waals surface area (Å²) < 4.78 is 25.5. The molecule has 116 valence electrons. The number of hydrogen-bond acceptors (Lipinski definition) is 5. The molecular formula is C13H21N5O2S. The van der Waals surface area contributed by atoms with E-state index >= 15 is 0 Å². The van der Waals surface area contributed by atoms with Crippen LogP contribution in [-0.4, -0.2) is 39.9 Å². The van der Waals surface area contributed by atoms with Gasteiger partial charge < -0.3 is 5.73 Å². The zero-order chi connectivity index (χ0) is 15.6. The number of hydrogen-bond donors (Lipinski definition) is 2. The predicted octanol–water partition coefficient (Wildman–Crippen LogP) is 1.17. The van der Waals surface area contributed by atoms with Crippen molar-refractivity contribution in [3.63, 3.8) is 0 Å². The number of nitrogens with two attached hydrogens (primary N) is 1. The lowest BCUT2D eigenvalue weighted by Gasteiger charge is -2.23. The molecular weight excluding hydrogens is 290 g/mol. The number of fused-ring (bicyclic) bond motifs is 1. The highest BCUT2D eigenvalue weighted by Gasteiger charge is 2.43. The number of aromatic amines is 1. The van der Waals surface area contributed by atoms with Gasteiger partial charge in [0.25, 0.3) is 0 Å². The maximum atomic E-state index is 11.9. The molecule has 0 spiro atoms. The molecule has 3 rings (SSSR count). The Morgan fingerprint density at radius 3 is 2.57 bits per heavy atom. The van der Waals surface area contributed by atoms with E-state index in [1.807, 2.05) is 6.92 Å². The maximum absolute atomic E-state index is 11.9. The number of nitrogens with one attached hydrogen (secondary N) is 1. The van der Waals surface area contributed by atoms with Crippen LogP contribution in [0.2, 0.25) is 0 Å². The standard InChI is InChI=1S/C13H21N5O2S/c1-12(2,3)9-8-10(14)15-16-11(8)18(17-9)13(4)5-6-21(19,20)7-13/h5-7H2,1-4H3,(H3,14,15,16). The average Bonchev–Trinajstić information content (AvgIpc) is 2.94. The molecule has 0 radical (unpaired) electrons. The lowest BCUT2D eigenvalue weighted by atomic mass is 9.91. The third kappa shape index (κ3) is 2.12. The average molecular weight is 311 g/mol. The number of H-pyrrole nitrogens is 1. The van der Waals surface area contributed by atoms with E-state index in [1.54, 1.807) is 4.68 Å². The highest BCUT2D eigenvalue weighted by atomic mass is 32.2. The molecule has 7 nitrogen and oxygen atoms in total. The lowest BCUT2D eigenvalue weighted by molar-refractivity contribution is 0.331. The van der Waals surface area contributed by atoms with Crippen molar-refractivity contribution in [2.24, 2.45) is 0 Å². The Hall–Kier alpha value is -1.57. The Balaban J connectivity index is 2.26. The largest absolute Gasteiger partial charge is 0.383 e. The third-order valence-corrected chi connectivity index (χ3v) is 6.00. The summed E-state index contributed by atoms with van der Waals surface area (Å²) in [5, 5.41) is 12.5. The molecule has 1 unspecified atom stereocenters. The van der Waals surface area contributed by atoms with E-state index in [0.717, 1.165) is 11.1 Å². The Labute approximate surface area is 123 Å². The van der Waals surface area contributed by atoms with E-state index in [0.29, 0.717) is 17.9 Å². The topological polar surface area (TPSA) is 107 Å². The van der Waals surface area contributed by atoms with Crippen molar-refractivity contribution in [2.75, 3.05) is 17.2 Å². The first-order valence-corrected chi connectivity index (χ1v) is 8.80. The van der Waals surface area contributed by atoms with Crippen LogP contribution in [0.4, 0.5) is 5.82 Å². The number of anilines is 1. The summed E-state index contributed by atoms with van der Waals surface area (Å²) in [5.41, 5.74) is 6.70. The maximum Gasteiger partial charge on any atom is 0.182 e. The van der Waals surface area contributed by atoms with Gasteiger partial charge in [0, 0.05) is 5.41 Å². The second kappa shape index (κ2) is 4.00. The van der Waals surface area contributed by atoms with Gasteiger partial charge in [-0.25, -0.2) is 13.1 Å².